The number of nitriles is 1. The van der Waals surface area contributed by atoms with Crippen LogP contribution in [-0.4, -0.2) is 78.0 Å². The number of nitrogens with one attached hydrogen (secondary N) is 1. The molecule has 1 fully saturated rings. The average molecular weight is 485 g/mol. The lowest BCUT2D eigenvalue weighted by Crippen LogP contribution is -2.57. The number of piperazine rings is 1. The molecule has 1 aliphatic rings. The van der Waals surface area contributed by atoms with E-state index in [4.69, 9.17) is 0 Å². The molecule has 12 heteroatoms. The third-order valence-electron chi connectivity index (χ3n) is 6.10. The van der Waals surface area contributed by atoms with Crippen molar-refractivity contribution in [2.75, 3.05) is 19.6 Å². The van der Waals surface area contributed by atoms with E-state index in [2.05, 4.69) is 25.3 Å². The van der Waals surface area contributed by atoms with Crippen molar-refractivity contribution >= 4 is 28.4 Å². The van der Waals surface area contributed by atoms with Gasteiger partial charge in [0.15, 0.2) is 11.6 Å². The minimum atomic E-state index is -0.829. The van der Waals surface area contributed by atoms with Gasteiger partial charge >= 0.3 is 0 Å². The zero-order valence-corrected chi connectivity index (χ0v) is 19.2. The van der Waals surface area contributed by atoms with Gasteiger partial charge in [-0.25, -0.2) is 14.1 Å². The second-order valence-electron chi connectivity index (χ2n) is 8.25. The van der Waals surface area contributed by atoms with Crippen LogP contribution in [0.15, 0.2) is 60.1 Å². The number of fused-ring (bicyclic) bond motifs is 1. The minimum absolute atomic E-state index is 0.0346. The first-order valence-electron chi connectivity index (χ1n) is 11.1. The summed E-state index contributed by atoms with van der Waals surface area (Å²) in [6.07, 6.45) is 7.12. The van der Waals surface area contributed by atoms with E-state index in [9.17, 15) is 19.2 Å². The van der Waals surface area contributed by atoms with Crippen LogP contribution in [0.2, 0.25) is 0 Å². The first kappa shape index (κ1) is 22.9. The number of pyridine rings is 1. The van der Waals surface area contributed by atoms with Gasteiger partial charge in [0.1, 0.15) is 5.84 Å². The monoisotopic (exact) mass is 485 g/mol. The predicted octanol–water partition coefficient (Wildman–Crippen LogP) is 1.93. The normalized spacial score (nSPS) is 16.2. The smallest absolute Gasteiger partial charge is 0.295 e. The van der Waals surface area contributed by atoms with Crippen LogP contribution in [0.5, 0.6) is 0 Å². The van der Waals surface area contributed by atoms with Crippen molar-refractivity contribution < 1.29 is 14.0 Å². The topological polar surface area (TPSA) is 136 Å². The molecule has 3 aromatic heterocycles. The summed E-state index contributed by atoms with van der Waals surface area (Å²) in [5, 5.41) is 16.7. The van der Waals surface area contributed by atoms with E-state index in [0.717, 1.165) is 11.8 Å². The number of aromatic nitrogens is 5. The Morgan fingerprint density at radius 1 is 1.25 bits per heavy atom. The second kappa shape index (κ2) is 9.38. The fourth-order valence-electron chi connectivity index (χ4n) is 4.42. The highest BCUT2D eigenvalue weighted by Gasteiger charge is 2.34. The molecule has 0 bridgehead atoms. The van der Waals surface area contributed by atoms with Crippen LogP contribution < -0.4 is 0 Å². The average Bonchev–Trinajstić information content (AvgIpc) is 3.58. The van der Waals surface area contributed by atoms with Crippen molar-refractivity contribution in [2.24, 2.45) is 4.99 Å². The molecule has 1 atom stereocenters. The maximum Gasteiger partial charge on any atom is 0.295 e. The molecular formula is C24H20FN9O2. The van der Waals surface area contributed by atoms with Gasteiger partial charge in [0.2, 0.25) is 6.19 Å². The maximum absolute atomic E-state index is 14.8. The lowest BCUT2D eigenvalue weighted by Gasteiger charge is -2.40. The third kappa shape index (κ3) is 3.96. The molecule has 36 heavy (non-hydrogen) atoms. The van der Waals surface area contributed by atoms with Gasteiger partial charge in [-0.3, -0.25) is 9.59 Å². The van der Waals surface area contributed by atoms with Crippen LogP contribution in [-0.2, 0) is 4.79 Å². The van der Waals surface area contributed by atoms with Gasteiger partial charge in [-0.1, -0.05) is 35.5 Å². The number of nitrogens with zero attached hydrogens (tertiary/aromatic N) is 8. The van der Waals surface area contributed by atoms with Gasteiger partial charge in [0.05, 0.1) is 35.1 Å². The number of amides is 1. The highest BCUT2D eigenvalue weighted by atomic mass is 19.1. The van der Waals surface area contributed by atoms with Gasteiger partial charge in [-0.15, -0.1) is 5.10 Å². The summed E-state index contributed by atoms with van der Waals surface area (Å²) in [5.74, 6) is -1.53. The fourth-order valence-corrected chi connectivity index (χ4v) is 4.42. The maximum atomic E-state index is 14.8. The number of carbonyl (C=O) groups is 2. The summed E-state index contributed by atoms with van der Waals surface area (Å²) in [7, 11) is 0. The Morgan fingerprint density at radius 3 is 2.75 bits per heavy atom. The molecular weight excluding hydrogens is 465 g/mol. The van der Waals surface area contributed by atoms with Crippen molar-refractivity contribution in [1.82, 2.24) is 34.8 Å². The van der Waals surface area contributed by atoms with E-state index >= 15 is 0 Å². The molecule has 0 saturated carbocycles. The Morgan fingerprint density at radius 2 is 2.06 bits per heavy atom. The number of amidine groups is 1. The number of aliphatic imine (C=N–C) groups is 1. The summed E-state index contributed by atoms with van der Waals surface area (Å²) >= 11 is 0. The lowest BCUT2D eigenvalue weighted by atomic mass is 10.1. The minimum Gasteiger partial charge on any atom is -0.357 e. The summed E-state index contributed by atoms with van der Waals surface area (Å²) in [4.78, 5) is 40.7. The van der Waals surface area contributed by atoms with Gasteiger partial charge in [0, 0.05) is 37.4 Å². The third-order valence-corrected chi connectivity index (χ3v) is 6.10. The predicted molar refractivity (Wildman–Crippen MR) is 127 cm³/mol. The Hall–Kier alpha value is -4.92. The van der Waals surface area contributed by atoms with Gasteiger partial charge < -0.3 is 14.8 Å². The van der Waals surface area contributed by atoms with Crippen LogP contribution in [0.1, 0.15) is 22.8 Å². The van der Waals surface area contributed by atoms with E-state index in [1.54, 1.807) is 0 Å². The molecule has 180 valence electrons. The first-order chi connectivity index (χ1) is 17.5. The highest BCUT2D eigenvalue weighted by molar-refractivity contribution is 6.45. The largest absolute Gasteiger partial charge is 0.357 e. The number of ketones is 1. The zero-order valence-electron chi connectivity index (χ0n) is 19.2. The molecule has 1 aromatic carbocycles. The SMILES string of the molecule is CC1CN(C(=NC#N)c2ccccc2)CCN1C(=O)C(=O)c1c[nH]c2c(-n3ccnn3)ncc(F)c12. The van der Waals surface area contributed by atoms with Crippen LogP contribution >= 0.6 is 0 Å². The number of Topliss-reactive ketones (excluding diaryl/α,β-unsaturated/α-hetero) is 1. The molecule has 0 radical (unpaired) electrons. The molecule has 1 N–H and O–H groups in total. The summed E-state index contributed by atoms with van der Waals surface area (Å²) in [6.45, 7) is 2.80. The number of rotatable bonds is 4. The zero-order chi connectivity index (χ0) is 25.2. The van der Waals surface area contributed by atoms with Crippen LogP contribution in [0.25, 0.3) is 16.7 Å². The quantitative estimate of drug-likeness (QED) is 0.153. The van der Waals surface area contributed by atoms with Gasteiger partial charge in [-0.05, 0) is 6.92 Å². The Balaban J connectivity index is 1.39. The number of halogens is 1. The summed E-state index contributed by atoms with van der Waals surface area (Å²) in [5.41, 5.74) is 0.935. The van der Waals surface area contributed by atoms with Crippen LogP contribution in [0.4, 0.5) is 4.39 Å². The summed E-state index contributed by atoms with van der Waals surface area (Å²) < 4.78 is 16.1. The van der Waals surface area contributed by atoms with Crippen LogP contribution in [0, 0.1) is 17.3 Å². The van der Waals surface area contributed by atoms with E-state index in [1.807, 2.05) is 48.3 Å². The second-order valence-corrected chi connectivity index (χ2v) is 8.25. The molecule has 11 nitrogen and oxygen atoms in total. The summed E-state index contributed by atoms with van der Waals surface area (Å²) in [6, 6.07) is 8.94. The van der Waals surface area contributed by atoms with E-state index in [0.29, 0.717) is 18.9 Å². The van der Waals surface area contributed by atoms with Crippen molar-refractivity contribution in [3.05, 3.63) is 72.1 Å². The first-order valence-corrected chi connectivity index (χ1v) is 11.1. The molecule has 0 aliphatic carbocycles. The van der Waals surface area contributed by atoms with Gasteiger partial charge in [0.25, 0.3) is 11.7 Å². The number of aromatic amines is 1. The van der Waals surface area contributed by atoms with E-state index in [1.165, 1.54) is 28.2 Å². The standard InChI is InChI=1S/C24H20FN9O2/c1-15-13-32(22(29-14-26)16-5-3-2-4-6-16)9-10-33(15)24(36)21(35)17-11-27-20-19(17)18(25)12-28-23(20)34-8-7-30-31-34/h2-8,11-12,15,27H,9-10,13H2,1H3. The molecule has 5 rings (SSSR count). The van der Waals surface area contributed by atoms with Crippen LogP contribution in [0.3, 0.4) is 0 Å². The van der Waals surface area contributed by atoms with Gasteiger partial charge in [-0.2, -0.15) is 10.3 Å². The van der Waals surface area contributed by atoms with E-state index < -0.39 is 17.5 Å². The Labute approximate surface area is 204 Å². The lowest BCUT2D eigenvalue weighted by molar-refractivity contribution is -0.130. The number of benzene rings is 1. The van der Waals surface area contributed by atoms with Crippen molar-refractivity contribution in [1.29, 1.82) is 5.26 Å². The molecule has 1 saturated heterocycles. The molecule has 1 unspecified atom stereocenters. The Bertz CT molecular complexity index is 1510. The number of hydrogen-bond donors (Lipinski definition) is 1. The molecule has 4 heterocycles. The molecule has 4 aromatic rings. The number of hydrogen-bond acceptors (Lipinski definition) is 7. The highest BCUT2D eigenvalue weighted by Crippen LogP contribution is 2.26. The molecule has 1 aliphatic heterocycles. The van der Waals surface area contributed by atoms with Crippen molar-refractivity contribution in [3.63, 3.8) is 0 Å². The fraction of sp³-hybridized carbons (Fsp3) is 0.208. The van der Waals surface area contributed by atoms with Crippen molar-refractivity contribution in [2.45, 2.75) is 13.0 Å². The number of carbonyl (C=O) groups excluding carboxylic acids is 2. The van der Waals surface area contributed by atoms with Crippen molar-refractivity contribution in [3.8, 4) is 12.0 Å². The Kier molecular flexibility index (Phi) is 5.95. The molecule has 0 spiro atoms. The number of H-pyrrole nitrogens is 1. The molecule has 1 amide bonds. The van der Waals surface area contributed by atoms with E-state index in [-0.39, 0.29) is 34.9 Å².